The average molecular weight is 433 g/mol. The number of aliphatic hydroxyl groups excluding tert-OH is 3. The Hall–Kier alpha value is -1.60. The fraction of sp³-hybridized carbons (Fsp3) is 0.680. The van der Waals surface area contributed by atoms with Gasteiger partial charge in [-0.05, 0) is 74.5 Å². The Balaban J connectivity index is 1.85. The van der Waals surface area contributed by atoms with Crippen molar-refractivity contribution in [3.63, 3.8) is 0 Å². The van der Waals surface area contributed by atoms with Gasteiger partial charge in [0.2, 0.25) is 6.29 Å². The summed E-state index contributed by atoms with van der Waals surface area (Å²) in [6.07, 6.45) is 0.395. The second kappa shape index (κ2) is 8.39. The summed E-state index contributed by atoms with van der Waals surface area (Å²) < 4.78 is 11.5. The van der Waals surface area contributed by atoms with E-state index in [-0.39, 0.29) is 24.2 Å². The predicted octanol–water partition coefficient (Wildman–Crippen LogP) is 3.59. The van der Waals surface area contributed by atoms with Gasteiger partial charge in [-0.2, -0.15) is 0 Å². The molecule has 4 rings (SSSR count). The van der Waals surface area contributed by atoms with E-state index in [1.807, 2.05) is 6.92 Å². The first-order valence-corrected chi connectivity index (χ1v) is 11.5. The van der Waals surface area contributed by atoms with Crippen LogP contribution in [0.2, 0.25) is 0 Å². The van der Waals surface area contributed by atoms with Crippen LogP contribution in [0.25, 0.3) is 0 Å². The fourth-order valence-electron chi connectivity index (χ4n) is 5.94. The van der Waals surface area contributed by atoms with Crippen molar-refractivity contribution >= 4 is 0 Å². The standard InChI is InChI=1S/C25H36O6/c1-11(2)8-15-9-13(4)16-7-6-12(3)18-20(16)19(15)14(5)24(22(18)28)31-25-23(29)21(27)17(26)10-30-25/h8,12-13,15-17,21,23,25-29H,6-7,9-10H2,1-5H3/t12-,13-,15+,16+,17-,21-,23+,25-/m0/s1. The number of phenols is 1. The van der Waals surface area contributed by atoms with Gasteiger partial charge in [0.05, 0.1) is 6.61 Å². The molecule has 1 aromatic rings. The van der Waals surface area contributed by atoms with Crippen LogP contribution in [0.15, 0.2) is 11.6 Å². The van der Waals surface area contributed by atoms with Crippen LogP contribution in [-0.4, -0.2) is 51.6 Å². The van der Waals surface area contributed by atoms with E-state index in [1.54, 1.807) is 0 Å². The molecule has 6 nitrogen and oxygen atoms in total. The lowest BCUT2D eigenvalue weighted by atomic mass is 9.62. The monoisotopic (exact) mass is 432 g/mol. The molecule has 0 saturated carbocycles. The van der Waals surface area contributed by atoms with E-state index in [1.165, 1.54) is 16.7 Å². The quantitative estimate of drug-likeness (QED) is 0.545. The molecule has 4 N–H and O–H groups in total. The van der Waals surface area contributed by atoms with E-state index in [2.05, 4.69) is 33.8 Å². The van der Waals surface area contributed by atoms with Crippen LogP contribution < -0.4 is 4.74 Å². The molecule has 8 atom stereocenters. The molecule has 0 radical (unpaired) electrons. The van der Waals surface area contributed by atoms with Crippen LogP contribution in [0.1, 0.15) is 87.0 Å². The van der Waals surface area contributed by atoms with Crippen LogP contribution in [0, 0.1) is 12.8 Å². The average Bonchev–Trinajstić information content (AvgIpc) is 2.69. The molecule has 0 spiro atoms. The van der Waals surface area contributed by atoms with Gasteiger partial charge in [-0.25, -0.2) is 0 Å². The van der Waals surface area contributed by atoms with Gasteiger partial charge in [0.1, 0.15) is 18.3 Å². The minimum absolute atomic E-state index is 0.120. The number of rotatable bonds is 3. The first-order valence-electron chi connectivity index (χ1n) is 11.5. The lowest BCUT2D eigenvalue weighted by Gasteiger charge is -2.44. The van der Waals surface area contributed by atoms with E-state index in [0.29, 0.717) is 17.6 Å². The third kappa shape index (κ3) is 3.78. The lowest BCUT2D eigenvalue weighted by molar-refractivity contribution is -0.242. The van der Waals surface area contributed by atoms with E-state index >= 15 is 0 Å². The Labute approximate surface area is 184 Å². The molecule has 0 unspecified atom stereocenters. The number of allylic oxidation sites excluding steroid dienone is 2. The number of ether oxygens (including phenoxy) is 2. The van der Waals surface area contributed by atoms with Crippen LogP contribution in [-0.2, 0) is 4.74 Å². The second-order valence-corrected chi connectivity index (χ2v) is 10.1. The van der Waals surface area contributed by atoms with Gasteiger partial charge in [0, 0.05) is 11.5 Å². The highest BCUT2D eigenvalue weighted by Crippen LogP contribution is 2.58. The van der Waals surface area contributed by atoms with E-state index in [0.717, 1.165) is 30.4 Å². The van der Waals surface area contributed by atoms with Gasteiger partial charge in [0.25, 0.3) is 0 Å². The Morgan fingerprint density at radius 1 is 1.03 bits per heavy atom. The maximum atomic E-state index is 11.3. The van der Waals surface area contributed by atoms with Crippen LogP contribution >= 0.6 is 0 Å². The molecule has 2 aliphatic carbocycles. The Bertz CT molecular complexity index is 873. The van der Waals surface area contributed by atoms with Gasteiger partial charge in [-0.3, -0.25) is 0 Å². The van der Waals surface area contributed by atoms with E-state index in [4.69, 9.17) is 9.47 Å². The van der Waals surface area contributed by atoms with Crippen molar-refractivity contribution in [1.82, 2.24) is 0 Å². The number of benzene rings is 1. The topological polar surface area (TPSA) is 99.4 Å². The number of aromatic hydroxyl groups is 1. The summed E-state index contributed by atoms with van der Waals surface area (Å²) in [5.41, 5.74) is 5.58. The van der Waals surface area contributed by atoms with Crippen molar-refractivity contribution in [2.24, 2.45) is 5.92 Å². The summed E-state index contributed by atoms with van der Waals surface area (Å²) >= 11 is 0. The van der Waals surface area contributed by atoms with Crippen molar-refractivity contribution in [2.75, 3.05) is 6.61 Å². The SMILES string of the molecule is CC(C)=C[C@@H]1C[C@H](C)[C@H]2CC[C@H](C)c3c(O)c(O[C@@H]4OC[C@H](O)[C@H](O)[C@H]4O)c(C)c1c32. The summed E-state index contributed by atoms with van der Waals surface area (Å²) in [5, 5.41) is 41.5. The third-order valence-corrected chi connectivity index (χ3v) is 7.48. The Morgan fingerprint density at radius 3 is 2.42 bits per heavy atom. The van der Waals surface area contributed by atoms with E-state index < -0.39 is 24.6 Å². The lowest BCUT2D eigenvalue weighted by Crippen LogP contribution is -2.54. The van der Waals surface area contributed by atoms with Gasteiger partial charge in [-0.15, -0.1) is 0 Å². The molecule has 6 heteroatoms. The summed E-state index contributed by atoms with van der Waals surface area (Å²) in [6.45, 7) is 10.5. The van der Waals surface area contributed by atoms with Crippen LogP contribution in [0.3, 0.4) is 0 Å². The van der Waals surface area contributed by atoms with Gasteiger partial charge < -0.3 is 29.9 Å². The highest BCUT2D eigenvalue weighted by molar-refractivity contribution is 5.64. The maximum absolute atomic E-state index is 11.3. The minimum Gasteiger partial charge on any atom is -0.504 e. The molecule has 172 valence electrons. The third-order valence-electron chi connectivity index (χ3n) is 7.48. The number of hydrogen-bond acceptors (Lipinski definition) is 6. The first-order chi connectivity index (χ1) is 14.6. The molecule has 1 aliphatic heterocycles. The zero-order chi connectivity index (χ0) is 22.6. The predicted molar refractivity (Wildman–Crippen MR) is 118 cm³/mol. The van der Waals surface area contributed by atoms with Crippen molar-refractivity contribution in [2.45, 2.75) is 96.2 Å². The molecule has 0 amide bonds. The molecule has 1 fully saturated rings. The Morgan fingerprint density at radius 2 is 1.74 bits per heavy atom. The van der Waals surface area contributed by atoms with Crippen molar-refractivity contribution in [3.05, 3.63) is 33.9 Å². The summed E-state index contributed by atoms with van der Waals surface area (Å²) in [4.78, 5) is 0. The molecule has 1 heterocycles. The van der Waals surface area contributed by atoms with Gasteiger partial charge in [0.15, 0.2) is 11.5 Å². The molecule has 0 aromatic heterocycles. The van der Waals surface area contributed by atoms with Crippen molar-refractivity contribution in [3.8, 4) is 11.5 Å². The minimum atomic E-state index is -1.41. The van der Waals surface area contributed by atoms with Crippen LogP contribution in [0.5, 0.6) is 11.5 Å². The zero-order valence-corrected chi connectivity index (χ0v) is 19.1. The molecule has 1 aromatic carbocycles. The molecule has 0 bridgehead atoms. The van der Waals surface area contributed by atoms with Crippen LogP contribution in [0.4, 0.5) is 0 Å². The zero-order valence-electron chi connectivity index (χ0n) is 19.1. The molecule has 1 saturated heterocycles. The highest BCUT2D eigenvalue weighted by Gasteiger charge is 2.43. The maximum Gasteiger partial charge on any atom is 0.229 e. The molecule has 31 heavy (non-hydrogen) atoms. The van der Waals surface area contributed by atoms with Gasteiger partial charge >= 0.3 is 0 Å². The largest absolute Gasteiger partial charge is 0.504 e. The second-order valence-electron chi connectivity index (χ2n) is 10.1. The summed E-state index contributed by atoms with van der Waals surface area (Å²) in [5.74, 6) is 1.84. The number of phenolic OH excluding ortho intramolecular Hbond substituents is 1. The number of aliphatic hydroxyl groups is 3. The Kier molecular flexibility index (Phi) is 6.12. The smallest absolute Gasteiger partial charge is 0.229 e. The van der Waals surface area contributed by atoms with Gasteiger partial charge in [-0.1, -0.05) is 25.5 Å². The first kappa shape index (κ1) is 22.6. The van der Waals surface area contributed by atoms with Crippen molar-refractivity contribution in [1.29, 1.82) is 0 Å². The van der Waals surface area contributed by atoms with E-state index in [9.17, 15) is 20.4 Å². The highest BCUT2D eigenvalue weighted by atomic mass is 16.7. The number of hydrogen-bond donors (Lipinski definition) is 4. The molecule has 3 aliphatic rings. The fourth-order valence-corrected chi connectivity index (χ4v) is 5.94. The summed E-state index contributed by atoms with van der Waals surface area (Å²) in [6, 6.07) is 0. The molecular weight excluding hydrogens is 396 g/mol. The normalized spacial score (nSPS) is 37.2. The van der Waals surface area contributed by atoms with Crippen molar-refractivity contribution < 1.29 is 29.9 Å². The molecular formula is C25H36O6. The summed E-state index contributed by atoms with van der Waals surface area (Å²) in [7, 11) is 0.